The van der Waals surface area contributed by atoms with Crippen molar-refractivity contribution < 1.29 is 40.9 Å². The van der Waals surface area contributed by atoms with E-state index in [0.717, 1.165) is 19.3 Å². The molecule has 11 N–H and O–H groups in total. The summed E-state index contributed by atoms with van der Waals surface area (Å²) >= 11 is 0. The van der Waals surface area contributed by atoms with E-state index in [1.165, 1.54) is 0 Å². The molecule has 1 unspecified atom stereocenters. The molecule has 0 radical (unpaired) electrons. The number of amides is 1. The number of aromatic nitrogens is 2. The van der Waals surface area contributed by atoms with E-state index in [4.69, 9.17) is 19.9 Å². The molecular formula is C19H36ClN5O8. The van der Waals surface area contributed by atoms with Gasteiger partial charge in [-0.3, -0.25) is 4.79 Å². The Kier molecular flexibility index (Phi) is 16.9. The van der Waals surface area contributed by atoms with Gasteiger partial charge in [0.15, 0.2) is 11.5 Å². The van der Waals surface area contributed by atoms with E-state index in [9.17, 15) is 4.79 Å². The fraction of sp³-hybridized carbons (Fsp3) is 0.526. The van der Waals surface area contributed by atoms with Crippen molar-refractivity contribution in [2.45, 2.75) is 25.4 Å². The molecule has 1 aliphatic heterocycles. The quantitative estimate of drug-likeness (QED) is 0.404. The van der Waals surface area contributed by atoms with Gasteiger partial charge in [0.05, 0.1) is 19.7 Å². The van der Waals surface area contributed by atoms with Crippen molar-refractivity contribution >= 4 is 41.0 Å². The third-order valence-electron chi connectivity index (χ3n) is 4.75. The van der Waals surface area contributed by atoms with Crippen LogP contribution in [-0.4, -0.2) is 84.8 Å². The summed E-state index contributed by atoms with van der Waals surface area (Å²) in [6.07, 6.45) is 2.19. The van der Waals surface area contributed by atoms with Crippen molar-refractivity contribution in [3.63, 3.8) is 0 Å². The zero-order valence-electron chi connectivity index (χ0n) is 18.9. The minimum Gasteiger partial charge on any atom is -0.493 e. The van der Waals surface area contributed by atoms with Gasteiger partial charge in [0.2, 0.25) is 11.9 Å². The maximum absolute atomic E-state index is 12.0. The maximum Gasteiger partial charge on any atom is 0.249 e. The Labute approximate surface area is 198 Å². The van der Waals surface area contributed by atoms with Crippen molar-refractivity contribution in [2.24, 2.45) is 0 Å². The lowest BCUT2D eigenvalue weighted by Crippen LogP contribution is -2.36. The van der Waals surface area contributed by atoms with Gasteiger partial charge in [-0.2, -0.15) is 4.98 Å². The molecule has 0 bridgehead atoms. The number of benzene rings is 1. The lowest BCUT2D eigenvalue weighted by atomic mass is 10.2. The standard InChI is InChI=1S/C19H27N5O4.ClH.4H2O/c1-24(8-5-7-21-18(25)14-6-4-9-28-14)19-22-13-11-16(27-3)15(26-2)10-12(13)17(20)23-19;;;;;/h10-11,14H,4-9H2,1-3H3,(H,21,25)(H2,20,22,23);1H;4*1H2. The third kappa shape index (κ3) is 8.31. The number of carbonyl (C=O) groups is 1. The third-order valence-corrected chi connectivity index (χ3v) is 4.75. The molecule has 1 aromatic carbocycles. The summed E-state index contributed by atoms with van der Waals surface area (Å²) in [7, 11) is 5.04. The van der Waals surface area contributed by atoms with E-state index in [1.807, 2.05) is 11.9 Å². The number of hydrogen-bond donors (Lipinski definition) is 2. The Morgan fingerprint density at radius 3 is 2.39 bits per heavy atom. The highest BCUT2D eigenvalue weighted by molar-refractivity contribution is 5.91. The Balaban J connectivity index is -0.00000180. The molecule has 0 saturated carbocycles. The van der Waals surface area contributed by atoms with Gasteiger partial charge in [0, 0.05) is 38.2 Å². The molecule has 14 heteroatoms. The second-order valence-corrected chi connectivity index (χ2v) is 6.70. The summed E-state index contributed by atoms with van der Waals surface area (Å²) in [6.45, 7) is 1.90. The van der Waals surface area contributed by atoms with Crippen LogP contribution in [0.3, 0.4) is 0 Å². The Bertz CT molecular complexity index is 855. The van der Waals surface area contributed by atoms with Crippen LogP contribution in [0.1, 0.15) is 19.3 Å². The summed E-state index contributed by atoms with van der Waals surface area (Å²) < 4.78 is 16.0. The minimum absolute atomic E-state index is 0. The number of nitrogens with two attached hydrogens (primary N) is 1. The van der Waals surface area contributed by atoms with Crippen LogP contribution in [0, 0.1) is 0 Å². The van der Waals surface area contributed by atoms with Crippen LogP contribution >= 0.6 is 12.4 Å². The number of nitrogens with zero attached hydrogens (tertiary/aromatic N) is 3. The molecule has 1 aliphatic rings. The van der Waals surface area contributed by atoms with Gasteiger partial charge < -0.3 is 52.1 Å². The molecule has 2 heterocycles. The molecule has 1 atom stereocenters. The number of methoxy groups -OCH3 is 2. The molecule has 33 heavy (non-hydrogen) atoms. The Morgan fingerprint density at radius 2 is 1.82 bits per heavy atom. The SMILES string of the molecule is COc1cc2nc(N(C)CCCNC(=O)C3CCCO3)nc(N)c2cc1OC.Cl.O.O.O.O. The zero-order chi connectivity index (χ0) is 20.1. The largest absolute Gasteiger partial charge is 0.493 e. The van der Waals surface area contributed by atoms with Crippen LogP contribution in [0.4, 0.5) is 11.8 Å². The first-order valence-electron chi connectivity index (χ1n) is 9.33. The summed E-state index contributed by atoms with van der Waals surface area (Å²) in [5.41, 5.74) is 6.81. The average Bonchev–Trinajstić information content (AvgIpc) is 3.24. The summed E-state index contributed by atoms with van der Waals surface area (Å²) in [5.74, 6) is 2.02. The van der Waals surface area contributed by atoms with Gasteiger partial charge in [-0.1, -0.05) is 0 Å². The monoisotopic (exact) mass is 497 g/mol. The second kappa shape index (κ2) is 16.0. The van der Waals surface area contributed by atoms with Crippen LogP contribution in [-0.2, 0) is 9.53 Å². The van der Waals surface area contributed by atoms with Crippen LogP contribution < -0.4 is 25.4 Å². The van der Waals surface area contributed by atoms with Crippen LogP contribution in [0.2, 0.25) is 0 Å². The second-order valence-electron chi connectivity index (χ2n) is 6.70. The smallest absolute Gasteiger partial charge is 0.249 e. The fourth-order valence-electron chi connectivity index (χ4n) is 3.16. The van der Waals surface area contributed by atoms with E-state index >= 15 is 0 Å². The predicted octanol–water partition coefficient (Wildman–Crippen LogP) is -1.53. The van der Waals surface area contributed by atoms with E-state index in [2.05, 4.69) is 15.3 Å². The van der Waals surface area contributed by atoms with Gasteiger partial charge in [-0.25, -0.2) is 4.98 Å². The number of carbonyl (C=O) groups excluding carboxylic acids is 1. The molecule has 1 saturated heterocycles. The molecule has 0 spiro atoms. The summed E-state index contributed by atoms with van der Waals surface area (Å²) in [6, 6.07) is 3.55. The molecular weight excluding hydrogens is 462 g/mol. The van der Waals surface area contributed by atoms with Crippen molar-refractivity contribution in [3.8, 4) is 11.5 Å². The maximum atomic E-state index is 12.0. The lowest BCUT2D eigenvalue weighted by molar-refractivity contribution is -0.130. The van der Waals surface area contributed by atoms with E-state index in [1.54, 1.807) is 26.4 Å². The molecule has 0 aliphatic carbocycles. The molecule has 13 nitrogen and oxygen atoms in total. The zero-order valence-corrected chi connectivity index (χ0v) is 19.8. The van der Waals surface area contributed by atoms with Gasteiger partial charge in [0.25, 0.3) is 0 Å². The number of rotatable bonds is 8. The van der Waals surface area contributed by atoms with Gasteiger partial charge >= 0.3 is 0 Å². The Morgan fingerprint density at radius 1 is 1.18 bits per heavy atom. The molecule has 1 fully saturated rings. The normalized spacial score (nSPS) is 13.7. The predicted molar refractivity (Wildman–Crippen MR) is 129 cm³/mol. The molecule has 1 amide bonds. The van der Waals surface area contributed by atoms with E-state index in [-0.39, 0.29) is 46.3 Å². The van der Waals surface area contributed by atoms with Crippen LogP contribution in [0.5, 0.6) is 11.5 Å². The van der Waals surface area contributed by atoms with Crippen LogP contribution in [0.15, 0.2) is 12.1 Å². The number of halogens is 1. The van der Waals surface area contributed by atoms with Crippen molar-refractivity contribution in [3.05, 3.63) is 12.1 Å². The number of hydrogen-bond acceptors (Lipinski definition) is 8. The number of fused-ring (bicyclic) bond motifs is 1. The molecule has 3 rings (SSSR count). The first-order chi connectivity index (χ1) is 13.5. The van der Waals surface area contributed by atoms with Gasteiger partial charge in [-0.05, 0) is 25.3 Å². The summed E-state index contributed by atoms with van der Waals surface area (Å²) in [4.78, 5) is 22.8. The summed E-state index contributed by atoms with van der Waals surface area (Å²) in [5, 5.41) is 3.62. The Hall–Kier alpha value is -2.68. The van der Waals surface area contributed by atoms with Gasteiger partial charge in [-0.15, -0.1) is 12.4 Å². The first-order valence-corrected chi connectivity index (χ1v) is 9.33. The highest BCUT2D eigenvalue weighted by atomic mass is 35.5. The van der Waals surface area contributed by atoms with Crippen molar-refractivity contribution in [1.29, 1.82) is 0 Å². The fourth-order valence-corrected chi connectivity index (χ4v) is 3.16. The molecule has 2 aromatic rings. The lowest BCUT2D eigenvalue weighted by Gasteiger charge is -2.19. The van der Waals surface area contributed by atoms with Crippen molar-refractivity contribution in [1.82, 2.24) is 15.3 Å². The van der Waals surface area contributed by atoms with E-state index < -0.39 is 0 Å². The molecule has 1 aromatic heterocycles. The minimum atomic E-state index is -0.298. The highest BCUT2D eigenvalue weighted by Gasteiger charge is 2.22. The number of nitrogen functional groups attached to an aromatic ring is 1. The molecule has 192 valence electrons. The van der Waals surface area contributed by atoms with E-state index in [0.29, 0.717) is 53.9 Å². The van der Waals surface area contributed by atoms with Gasteiger partial charge in [0.1, 0.15) is 11.9 Å². The average molecular weight is 498 g/mol. The van der Waals surface area contributed by atoms with Crippen molar-refractivity contribution in [2.75, 3.05) is 51.6 Å². The topological polar surface area (TPSA) is 238 Å². The first kappa shape index (κ1) is 34.9. The number of nitrogens with one attached hydrogen (secondary N) is 1. The number of ether oxygens (including phenoxy) is 3. The number of anilines is 2. The van der Waals surface area contributed by atoms with Crippen LogP contribution in [0.25, 0.3) is 10.9 Å². The highest BCUT2D eigenvalue weighted by Crippen LogP contribution is 2.33.